The maximum atomic E-state index is 4.54. The Bertz CT molecular complexity index is 299. The minimum atomic E-state index is 0.606. The standard InChI is InChI=1S/C12H19N3/c1-15(2)11-5-6-12(14-9-11)10-4-3-7-13-8-10/h5-6,9-10,13H,3-4,7-8H2,1-2H3. The summed E-state index contributed by atoms with van der Waals surface area (Å²) in [6.45, 7) is 2.24. The molecule has 82 valence electrons. The second-order valence-corrected chi connectivity index (χ2v) is 4.38. The topological polar surface area (TPSA) is 28.2 Å². The van der Waals surface area contributed by atoms with Crippen molar-refractivity contribution >= 4 is 5.69 Å². The minimum Gasteiger partial charge on any atom is -0.376 e. The molecule has 1 aromatic rings. The molecule has 15 heavy (non-hydrogen) atoms. The third-order valence-electron chi connectivity index (χ3n) is 3.00. The Morgan fingerprint density at radius 3 is 2.80 bits per heavy atom. The van der Waals surface area contributed by atoms with Crippen LogP contribution in [0.3, 0.4) is 0 Å². The highest BCUT2D eigenvalue weighted by Crippen LogP contribution is 2.22. The first kappa shape index (κ1) is 10.4. The molecule has 1 N–H and O–H groups in total. The Hall–Kier alpha value is -1.09. The third-order valence-corrected chi connectivity index (χ3v) is 3.00. The summed E-state index contributed by atoms with van der Waals surface area (Å²) >= 11 is 0. The van der Waals surface area contributed by atoms with E-state index in [1.54, 1.807) is 0 Å². The molecule has 0 aromatic carbocycles. The summed E-state index contributed by atoms with van der Waals surface area (Å²) in [4.78, 5) is 6.62. The second kappa shape index (κ2) is 4.62. The number of nitrogens with zero attached hydrogens (tertiary/aromatic N) is 2. The van der Waals surface area contributed by atoms with Crippen LogP contribution in [-0.4, -0.2) is 32.2 Å². The fraction of sp³-hybridized carbons (Fsp3) is 0.583. The minimum absolute atomic E-state index is 0.606. The highest BCUT2D eigenvalue weighted by Gasteiger charge is 2.15. The van der Waals surface area contributed by atoms with Crippen molar-refractivity contribution in [3.8, 4) is 0 Å². The third kappa shape index (κ3) is 2.48. The van der Waals surface area contributed by atoms with Crippen molar-refractivity contribution < 1.29 is 0 Å². The van der Waals surface area contributed by atoms with E-state index in [1.165, 1.54) is 24.2 Å². The van der Waals surface area contributed by atoms with Crippen LogP contribution in [0.25, 0.3) is 0 Å². The summed E-state index contributed by atoms with van der Waals surface area (Å²) in [5, 5.41) is 3.42. The maximum absolute atomic E-state index is 4.54. The van der Waals surface area contributed by atoms with E-state index in [0.717, 1.165) is 13.1 Å². The monoisotopic (exact) mass is 205 g/mol. The summed E-state index contributed by atoms with van der Waals surface area (Å²) in [6.07, 6.45) is 4.49. The van der Waals surface area contributed by atoms with Gasteiger partial charge in [-0.1, -0.05) is 0 Å². The van der Waals surface area contributed by atoms with Gasteiger partial charge in [0.2, 0.25) is 0 Å². The lowest BCUT2D eigenvalue weighted by atomic mass is 9.96. The van der Waals surface area contributed by atoms with Crippen LogP contribution in [0.1, 0.15) is 24.5 Å². The molecule has 1 aromatic heterocycles. The van der Waals surface area contributed by atoms with Crippen LogP contribution in [-0.2, 0) is 0 Å². The van der Waals surface area contributed by atoms with Gasteiger partial charge in [-0.3, -0.25) is 4.98 Å². The second-order valence-electron chi connectivity index (χ2n) is 4.38. The first-order chi connectivity index (χ1) is 7.27. The first-order valence-electron chi connectivity index (χ1n) is 5.61. The van der Waals surface area contributed by atoms with Crippen LogP contribution in [0.5, 0.6) is 0 Å². The van der Waals surface area contributed by atoms with E-state index in [9.17, 15) is 0 Å². The number of pyridine rings is 1. The van der Waals surface area contributed by atoms with Gasteiger partial charge in [-0.05, 0) is 31.5 Å². The Kier molecular flexibility index (Phi) is 3.21. The lowest BCUT2D eigenvalue weighted by Crippen LogP contribution is -2.28. The Morgan fingerprint density at radius 1 is 1.40 bits per heavy atom. The Morgan fingerprint density at radius 2 is 2.27 bits per heavy atom. The van der Waals surface area contributed by atoms with E-state index >= 15 is 0 Å². The van der Waals surface area contributed by atoms with E-state index in [1.807, 2.05) is 20.3 Å². The molecule has 1 aliphatic heterocycles. The van der Waals surface area contributed by atoms with E-state index in [2.05, 4.69) is 27.3 Å². The van der Waals surface area contributed by atoms with Crippen LogP contribution in [0.2, 0.25) is 0 Å². The molecular weight excluding hydrogens is 186 g/mol. The van der Waals surface area contributed by atoms with Crippen molar-refractivity contribution in [2.45, 2.75) is 18.8 Å². The van der Waals surface area contributed by atoms with Crippen molar-refractivity contribution in [3.05, 3.63) is 24.0 Å². The quantitative estimate of drug-likeness (QED) is 0.795. The van der Waals surface area contributed by atoms with Crippen LogP contribution in [0, 0.1) is 0 Å². The molecule has 1 saturated heterocycles. The van der Waals surface area contributed by atoms with Crippen LogP contribution >= 0.6 is 0 Å². The zero-order valence-electron chi connectivity index (χ0n) is 9.53. The number of aromatic nitrogens is 1. The molecule has 0 radical (unpaired) electrons. The van der Waals surface area contributed by atoms with Gasteiger partial charge in [0, 0.05) is 32.3 Å². The van der Waals surface area contributed by atoms with Gasteiger partial charge in [0.25, 0.3) is 0 Å². The lowest BCUT2D eigenvalue weighted by Gasteiger charge is -2.22. The normalized spacial score (nSPS) is 21.3. The Balaban J connectivity index is 2.08. The van der Waals surface area contributed by atoms with Crippen LogP contribution in [0.15, 0.2) is 18.3 Å². The highest BCUT2D eigenvalue weighted by atomic mass is 15.1. The summed E-state index contributed by atoms with van der Waals surface area (Å²) in [5.41, 5.74) is 2.40. The van der Waals surface area contributed by atoms with Crippen LogP contribution in [0.4, 0.5) is 5.69 Å². The van der Waals surface area contributed by atoms with Gasteiger partial charge in [-0.15, -0.1) is 0 Å². The molecule has 1 unspecified atom stereocenters. The molecule has 0 bridgehead atoms. The number of hydrogen-bond donors (Lipinski definition) is 1. The average Bonchev–Trinajstić information content (AvgIpc) is 2.30. The molecule has 0 aliphatic carbocycles. The van der Waals surface area contributed by atoms with Gasteiger partial charge in [0.1, 0.15) is 0 Å². The largest absolute Gasteiger partial charge is 0.376 e. The summed E-state index contributed by atoms with van der Waals surface area (Å²) in [6, 6.07) is 4.31. The summed E-state index contributed by atoms with van der Waals surface area (Å²) < 4.78 is 0. The molecule has 2 rings (SSSR count). The molecular formula is C12H19N3. The number of hydrogen-bond acceptors (Lipinski definition) is 3. The van der Waals surface area contributed by atoms with Crippen molar-refractivity contribution in [2.75, 3.05) is 32.1 Å². The van der Waals surface area contributed by atoms with Crippen LogP contribution < -0.4 is 10.2 Å². The number of piperidine rings is 1. The van der Waals surface area contributed by atoms with Gasteiger partial charge in [-0.2, -0.15) is 0 Å². The predicted octanol–water partition coefficient (Wildman–Crippen LogP) is 1.61. The summed E-state index contributed by atoms with van der Waals surface area (Å²) in [5.74, 6) is 0.606. The molecule has 3 heteroatoms. The van der Waals surface area contributed by atoms with Crippen molar-refractivity contribution in [3.63, 3.8) is 0 Å². The fourth-order valence-corrected chi connectivity index (χ4v) is 2.01. The zero-order chi connectivity index (χ0) is 10.7. The number of anilines is 1. The number of nitrogens with one attached hydrogen (secondary N) is 1. The molecule has 2 heterocycles. The molecule has 1 aliphatic rings. The number of rotatable bonds is 2. The molecule has 0 spiro atoms. The fourth-order valence-electron chi connectivity index (χ4n) is 2.01. The molecule has 1 atom stereocenters. The van der Waals surface area contributed by atoms with Crippen molar-refractivity contribution in [1.29, 1.82) is 0 Å². The van der Waals surface area contributed by atoms with E-state index in [0.29, 0.717) is 5.92 Å². The summed E-state index contributed by atoms with van der Waals surface area (Å²) in [7, 11) is 4.08. The van der Waals surface area contributed by atoms with Gasteiger partial charge >= 0.3 is 0 Å². The SMILES string of the molecule is CN(C)c1ccc(C2CCCNC2)nc1. The van der Waals surface area contributed by atoms with Gasteiger partial charge < -0.3 is 10.2 Å². The first-order valence-corrected chi connectivity index (χ1v) is 5.61. The van der Waals surface area contributed by atoms with Gasteiger partial charge in [0.15, 0.2) is 0 Å². The molecule has 1 fully saturated rings. The van der Waals surface area contributed by atoms with E-state index < -0.39 is 0 Å². The Labute approximate surface area is 91.5 Å². The smallest absolute Gasteiger partial charge is 0.0547 e. The van der Waals surface area contributed by atoms with Crippen molar-refractivity contribution in [1.82, 2.24) is 10.3 Å². The van der Waals surface area contributed by atoms with Gasteiger partial charge in [-0.25, -0.2) is 0 Å². The zero-order valence-corrected chi connectivity index (χ0v) is 9.53. The molecule has 0 saturated carbocycles. The predicted molar refractivity (Wildman–Crippen MR) is 63.4 cm³/mol. The maximum Gasteiger partial charge on any atom is 0.0547 e. The lowest BCUT2D eigenvalue weighted by molar-refractivity contribution is 0.455. The molecule has 0 amide bonds. The molecule has 3 nitrogen and oxygen atoms in total. The van der Waals surface area contributed by atoms with E-state index in [-0.39, 0.29) is 0 Å². The van der Waals surface area contributed by atoms with Crippen molar-refractivity contribution in [2.24, 2.45) is 0 Å². The highest BCUT2D eigenvalue weighted by molar-refractivity contribution is 5.42. The van der Waals surface area contributed by atoms with Gasteiger partial charge in [0.05, 0.1) is 11.9 Å². The van der Waals surface area contributed by atoms with E-state index in [4.69, 9.17) is 0 Å². The average molecular weight is 205 g/mol.